The van der Waals surface area contributed by atoms with Gasteiger partial charge in [0, 0.05) is 12.1 Å². The highest BCUT2D eigenvalue weighted by Crippen LogP contribution is 2.07. The van der Waals surface area contributed by atoms with Gasteiger partial charge in [-0.05, 0) is 19.4 Å². The Morgan fingerprint density at radius 3 is 2.44 bits per heavy atom. The summed E-state index contributed by atoms with van der Waals surface area (Å²) in [7, 11) is 1.39. The van der Waals surface area contributed by atoms with Gasteiger partial charge in [0.25, 0.3) is 0 Å². The molecule has 1 aromatic rings. The van der Waals surface area contributed by atoms with Crippen LogP contribution in [0.25, 0.3) is 0 Å². The molecule has 86 valence electrons. The third kappa shape index (κ3) is 3.85. The number of rotatable bonds is 4. The molecule has 0 amide bonds. The van der Waals surface area contributed by atoms with E-state index in [1.807, 2.05) is 44.2 Å². The standard InChI is InChI=1S/C13H17NO2/c1-10(2)14-12(13(15)16-3)9-11-7-5-4-6-8-11/h4-8,12H,9H2,1-3H3. The molecule has 0 heterocycles. The Kier molecular flexibility index (Phi) is 4.70. The van der Waals surface area contributed by atoms with E-state index in [1.165, 1.54) is 7.11 Å². The zero-order valence-corrected chi connectivity index (χ0v) is 9.93. The highest BCUT2D eigenvalue weighted by atomic mass is 16.5. The molecule has 1 rings (SSSR count). The lowest BCUT2D eigenvalue weighted by atomic mass is 10.1. The third-order valence-corrected chi connectivity index (χ3v) is 2.16. The van der Waals surface area contributed by atoms with E-state index in [9.17, 15) is 4.79 Å². The van der Waals surface area contributed by atoms with Crippen LogP contribution >= 0.6 is 0 Å². The summed E-state index contributed by atoms with van der Waals surface area (Å²) in [5.74, 6) is -0.287. The zero-order chi connectivity index (χ0) is 12.0. The molecule has 0 saturated heterocycles. The van der Waals surface area contributed by atoms with Crippen LogP contribution in [0.1, 0.15) is 19.4 Å². The second kappa shape index (κ2) is 6.05. The van der Waals surface area contributed by atoms with Gasteiger partial charge in [-0.1, -0.05) is 30.3 Å². The molecule has 0 fully saturated rings. The number of carbonyl (C=O) groups excluding carboxylic acids is 1. The lowest BCUT2D eigenvalue weighted by Gasteiger charge is -2.10. The predicted molar refractivity (Wildman–Crippen MR) is 64.7 cm³/mol. The molecule has 0 saturated carbocycles. The average Bonchev–Trinajstić information content (AvgIpc) is 2.28. The molecule has 16 heavy (non-hydrogen) atoms. The fourth-order valence-electron chi connectivity index (χ4n) is 1.47. The van der Waals surface area contributed by atoms with Gasteiger partial charge in [0.05, 0.1) is 7.11 Å². The number of hydrogen-bond acceptors (Lipinski definition) is 3. The summed E-state index contributed by atoms with van der Waals surface area (Å²) in [6.07, 6.45) is 0.582. The minimum atomic E-state index is -0.433. The Hall–Kier alpha value is -1.64. The van der Waals surface area contributed by atoms with Crippen LogP contribution in [0.5, 0.6) is 0 Å². The first-order valence-corrected chi connectivity index (χ1v) is 5.26. The number of nitrogens with zero attached hydrogens (tertiary/aromatic N) is 1. The van der Waals surface area contributed by atoms with Crippen molar-refractivity contribution in [1.82, 2.24) is 0 Å². The van der Waals surface area contributed by atoms with Gasteiger partial charge in [-0.25, -0.2) is 4.79 Å². The molecule has 0 bridgehead atoms. The Balaban J connectivity index is 2.79. The average molecular weight is 219 g/mol. The predicted octanol–water partition coefficient (Wildman–Crippen LogP) is 2.25. The molecule has 1 unspecified atom stereocenters. The maximum absolute atomic E-state index is 11.5. The second-order valence-corrected chi connectivity index (χ2v) is 3.80. The quantitative estimate of drug-likeness (QED) is 0.575. The smallest absolute Gasteiger partial charge is 0.330 e. The minimum Gasteiger partial charge on any atom is -0.467 e. The molecule has 0 radical (unpaired) electrons. The van der Waals surface area contributed by atoms with E-state index in [2.05, 4.69) is 4.99 Å². The molecule has 0 aliphatic carbocycles. The normalized spacial score (nSPS) is 11.7. The molecule has 3 heteroatoms. The maximum atomic E-state index is 11.5. The van der Waals surface area contributed by atoms with Gasteiger partial charge in [-0.3, -0.25) is 4.99 Å². The maximum Gasteiger partial charge on any atom is 0.330 e. The Bertz CT molecular complexity index is 367. The second-order valence-electron chi connectivity index (χ2n) is 3.80. The Labute approximate surface area is 96.2 Å². The van der Waals surface area contributed by atoms with E-state index in [-0.39, 0.29) is 5.97 Å². The fraction of sp³-hybridized carbons (Fsp3) is 0.385. The van der Waals surface area contributed by atoms with Gasteiger partial charge in [-0.2, -0.15) is 0 Å². The minimum absolute atomic E-state index is 0.287. The van der Waals surface area contributed by atoms with Crippen LogP contribution in [-0.2, 0) is 16.0 Å². The van der Waals surface area contributed by atoms with Crippen molar-refractivity contribution in [2.24, 2.45) is 4.99 Å². The summed E-state index contributed by atoms with van der Waals surface area (Å²) < 4.78 is 4.74. The van der Waals surface area contributed by atoms with E-state index in [0.717, 1.165) is 11.3 Å². The van der Waals surface area contributed by atoms with E-state index in [0.29, 0.717) is 6.42 Å². The summed E-state index contributed by atoms with van der Waals surface area (Å²) in [6, 6.07) is 9.38. The van der Waals surface area contributed by atoms with E-state index in [1.54, 1.807) is 0 Å². The van der Waals surface area contributed by atoms with Gasteiger partial charge in [0.2, 0.25) is 0 Å². The molecule has 3 nitrogen and oxygen atoms in total. The molecule has 1 atom stereocenters. The SMILES string of the molecule is COC(=O)C(Cc1ccccc1)N=C(C)C. The Morgan fingerprint density at radius 2 is 1.94 bits per heavy atom. The van der Waals surface area contributed by atoms with Crippen LogP contribution in [0, 0.1) is 0 Å². The number of hydrogen-bond donors (Lipinski definition) is 0. The third-order valence-electron chi connectivity index (χ3n) is 2.16. The van der Waals surface area contributed by atoms with Crippen molar-refractivity contribution in [3.8, 4) is 0 Å². The number of esters is 1. The van der Waals surface area contributed by atoms with Gasteiger partial charge >= 0.3 is 5.97 Å². The van der Waals surface area contributed by atoms with Crippen LogP contribution in [0.4, 0.5) is 0 Å². The summed E-state index contributed by atoms with van der Waals surface area (Å²) in [5, 5.41) is 0. The van der Waals surface area contributed by atoms with E-state index in [4.69, 9.17) is 4.74 Å². The molecule has 1 aromatic carbocycles. The molecule has 0 aliphatic heterocycles. The van der Waals surface area contributed by atoms with Crippen molar-refractivity contribution in [2.45, 2.75) is 26.3 Å². The van der Waals surface area contributed by atoms with Crippen molar-refractivity contribution >= 4 is 11.7 Å². The largest absolute Gasteiger partial charge is 0.467 e. The number of benzene rings is 1. The lowest BCUT2D eigenvalue weighted by molar-refractivity contribution is -0.142. The number of carbonyl (C=O) groups is 1. The lowest BCUT2D eigenvalue weighted by Crippen LogP contribution is -2.23. The molecule has 0 aliphatic rings. The molecule has 0 aromatic heterocycles. The van der Waals surface area contributed by atoms with Crippen molar-refractivity contribution in [3.05, 3.63) is 35.9 Å². The van der Waals surface area contributed by atoms with Gasteiger partial charge in [0.1, 0.15) is 0 Å². The number of aliphatic imine (C=N–C) groups is 1. The van der Waals surface area contributed by atoms with Crippen molar-refractivity contribution in [3.63, 3.8) is 0 Å². The van der Waals surface area contributed by atoms with E-state index < -0.39 is 6.04 Å². The topological polar surface area (TPSA) is 38.7 Å². The van der Waals surface area contributed by atoms with Crippen molar-refractivity contribution in [2.75, 3.05) is 7.11 Å². The molecular formula is C13H17NO2. The van der Waals surface area contributed by atoms with E-state index >= 15 is 0 Å². The molecule has 0 N–H and O–H groups in total. The first-order valence-electron chi connectivity index (χ1n) is 5.26. The number of ether oxygens (including phenoxy) is 1. The first kappa shape index (κ1) is 12.4. The molecule has 0 spiro atoms. The fourth-order valence-corrected chi connectivity index (χ4v) is 1.47. The Morgan fingerprint density at radius 1 is 1.31 bits per heavy atom. The molecular weight excluding hydrogens is 202 g/mol. The van der Waals surface area contributed by atoms with Crippen LogP contribution in [-0.4, -0.2) is 24.8 Å². The summed E-state index contributed by atoms with van der Waals surface area (Å²) in [4.78, 5) is 15.8. The highest BCUT2D eigenvalue weighted by molar-refractivity contribution is 5.84. The van der Waals surface area contributed by atoms with Crippen LogP contribution in [0.15, 0.2) is 35.3 Å². The summed E-state index contributed by atoms with van der Waals surface area (Å²) >= 11 is 0. The van der Waals surface area contributed by atoms with Crippen LogP contribution in [0.3, 0.4) is 0 Å². The van der Waals surface area contributed by atoms with Gasteiger partial charge in [0.15, 0.2) is 6.04 Å². The summed E-state index contributed by atoms with van der Waals surface area (Å²) in [5.41, 5.74) is 1.97. The van der Waals surface area contributed by atoms with Gasteiger partial charge in [-0.15, -0.1) is 0 Å². The van der Waals surface area contributed by atoms with Gasteiger partial charge < -0.3 is 4.74 Å². The van der Waals surface area contributed by atoms with Crippen LogP contribution in [0.2, 0.25) is 0 Å². The zero-order valence-electron chi connectivity index (χ0n) is 9.93. The van der Waals surface area contributed by atoms with Crippen LogP contribution < -0.4 is 0 Å². The highest BCUT2D eigenvalue weighted by Gasteiger charge is 2.18. The van der Waals surface area contributed by atoms with Crippen molar-refractivity contribution < 1.29 is 9.53 Å². The monoisotopic (exact) mass is 219 g/mol. The van der Waals surface area contributed by atoms with Crippen molar-refractivity contribution in [1.29, 1.82) is 0 Å². The number of methoxy groups -OCH3 is 1. The summed E-state index contributed by atoms with van der Waals surface area (Å²) in [6.45, 7) is 3.75. The first-order chi connectivity index (χ1) is 7.63.